The van der Waals surface area contributed by atoms with Crippen molar-refractivity contribution < 1.29 is 4.39 Å². The number of anilines is 2. The Bertz CT molecular complexity index is 333. The number of hydrogen-bond donors (Lipinski definition) is 3. The van der Waals surface area contributed by atoms with Gasteiger partial charge in [0.05, 0.1) is 5.69 Å². The van der Waals surface area contributed by atoms with Crippen molar-refractivity contribution in [2.45, 2.75) is 6.92 Å². The zero-order chi connectivity index (χ0) is 9.30. The van der Waals surface area contributed by atoms with E-state index < -0.39 is 5.82 Å². The number of nitrogens with one attached hydrogen (secondary N) is 1. The first-order valence-electron chi connectivity index (χ1n) is 3.42. The number of benzene rings is 1. The van der Waals surface area contributed by atoms with Gasteiger partial charge in [0.15, 0.2) is 0 Å². The molecule has 0 spiro atoms. The van der Waals surface area contributed by atoms with Crippen LogP contribution in [-0.2, 0) is 0 Å². The highest BCUT2D eigenvalue weighted by Crippen LogP contribution is 2.20. The minimum Gasteiger partial charge on any atom is -0.399 e. The smallest absolute Gasteiger partial charge is 0.148 e. The molecule has 0 amide bonds. The maximum absolute atomic E-state index is 12.9. The van der Waals surface area contributed by atoms with Gasteiger partial charge in [0.2, 0.25) is 0 Å². The highest BCUT2D eigenvalue weighted by Gasteiger charge is 2.07. The van der Waals surface area contributed by atoms with Gasteiger partial charge < -0.3 is 16.9 Å². The van der Waals surface area contributed by atoms with E-state index in [9.17, 15) is 4.39 Å². The molecule has 4 heteroatoms. The zero-order valence-electron chi connectivity index (χ0n) is 6.69. The summed E-state index contributed by atoms with van der Waals surface area (Å²) >= 11 is 0. The van der Waals surface area contributed by atoms with Gasteiger partial charge in [0.1, 0.15) is 5.82 Å². The summed E-state index contributed by atoms with van der Waals surface area (Å²) in [7, 11) is 0. The van der Waals surface area contributed by atoms with Gasteiger partial charge in [-0.05, 0) is 19.1 Å². The normalized spacial score (nSPS) is 9.83. The molecular formula is C8H10FN3. The molecule has 64 valence electrons. The van der Waals surface area contributed by atoms with Crippen molar-refractivity contribution in [1.82, 2.24) is 0 Å². The third-order valence-corrected chi connectivity index (χ3v) is 1.56. The largest absolute Gasteiger partial charge is 0.399 e. The van der Waals surface area contributed by atoms with Gasteiger partial charge in [-0.2, -0.15) is 0 Å². The number of halogens is 1. The first-order valence-corrected chi connectivity index (χ1v) is 3.42. The molecule has 0 aromatic heterocycles. The molecular weight excluding hydrogens is 157 g/mol. The number of nitrogens with two attached hydrogens (primary N) is 2. The monoisotopic (exact) mass is 167 g/mol. The van der Waals surface area contributed by atoms with Crippen LogP contribution in [0.1, 0.15) is 12.5 Å². The molecule has 0 atom stereocenters. The maximum Gasteiger partial charge on any atom is 0.148 e. The van der Waals surface area contributed by atoms with Crippen LogP contribution in [0.15, 0.2) is 12.1 Å². The number of hydrogen-bond acceptors (Lipinski definition) is 3. The molecule has 0 saturated heterocycles. The van der Waals surface area contributed by atoms with Gasteiger partial charge in [-0.1, -0.05) is 0 Å². The zero-order valence-corrected chi connectivity index (χ0v) is 6.69. The van der Waals surface area contributed by atoms with Crippen LogP contribution in [-0.4, -0.2) is 5.71 Å². The molecule has 0 aliphatic rings. The molecule has 0 fully saturated rings. The van der Waals surface area contributed by atoms with Gasteiger partial charge in [-0.15, -0.1) is 0 Å². The minimum absolute atomic E-state index is 0.0169. The molecule has 3 nitrogen and oxygen atoms in total. The average molecular weight is 167 g/mol. The predicted octanol–water partition coefficient (Wildman–Crippen LogP) is 1.38. The highest BCUT2D eigenvalue weighted by atomic mass is 19.1. The van der Waals surface area contributed by atoms with E-state index in [0.717, 1.165) is 6.07 Å². The Kier molecular flexibility index (Phi) is 1.99. The average Bonchev–Trinajstić information content (AvgIpc) is 1.96. The van der Waals surface area contributed by atoms with E-state index >= 15 is 0 Å². The van der Waals surface area contributed by atoms with E-state index in [1.54, 1.807) is 0 Å². The van der Waals surface area contributed by atoms with Crippen LogP contribution in [0, 0.1) is 11.2 Å². The topological polar surface area (TPSA) is 75.9 Å². The molecule has 1 aromatic carbocycles. The van der Waals surface area contributed by atoms with E-state index in [4.69, 9.17) is 16.9 Å². The second kappa shape index (κ2) is 2.81. The summed E-state index contributed by atoms with van der Waals surface area (Å²) in [5.74, 6) is -0.573. The van der Waals surface area contributed by atoms with Gasteiger partial charge >= 0.3 is 0 Å². The Labute approximate surface area is 69.7 Å². The SMILES string of the molecule is CC(=N)c1cc(N)cc(F)c1N. The van der Waals surface area contributed by atoms with E-state index in [-0.39, 0.29) is 17.1 Å². The van der Waals surface area contributed by atoms with Gasteiger partial charge in [0.25, 0.3) is 0 Å². The second-order valence-electron chi connectivity index (χ2n) is 2.59. The van der Waals surface area contributed by atoms with Crippen LogP contribution in [0.3, 0.4) is 0 Å². The first kappa shape index (κ1) is 8.52. The Morgan fingerprint density at radius 1 is 1.42 bits per heavy atom. The van der Waals surface area contributed by atoms with Crippen molar-refractivity contribution in [1.29, 1.82) is 5.41 Å². The summed E-state index contributed by atoms with van der Waals surface area (Å²) in [6.07, 6.45) is 0. The molecule has 0 heterocycles. The van der Waals surface area contributed by atoms with Crippen molar-refractivity contribution in [2.75, 3.05) is 11.5 Å². The lowest BCUT2D eigenvalue weighted by atomic mass is 10.1. The molecule has 0 radical (unpaired) electrons. The predicted molar refractivity (Wildman–Crippen MR) is 47.7 cm³/mol. The Balaban J connectivity index is 3.37. The Morgan fingerprint density at radius 2 is 2.00 bits per heavy atom. The lowest BCUT2D eigenvalue weighted by Crippen LogP contribution is -2.03. The van der Waals surface area contributed by atoms with E-state index in [0.29, 0.717) is 5.56 Å². The third kappa shape index (κ3) is 1.37. The Morgan fingerprint density at radius 3 is 2.50 bits per heavy atom. The van der Waals surface area contributed by atoms with Gasteiger partial charge in [-0.3, -0.25) is 0 Å². The first-order chi connectivity index (χ1) is 5.52. The fourth-order valence-corrected chi connectivity index (χ4v) is 0.949. The molecule has 1 rings (SSSR count). The highest BCUT2D eigenvalue weighted by molar-refractivity contribution is 6.01. The van der Waals surface area contributed by atoms with Crippen LogP contribution in [0.25, 0.3) is 0 Å². The summed E-state index contributed by atoms with van der Waals surface area (Å²) in [5.41, 5.74) is 11.6. The number of nitrogen functional groups attached to an aromatic ring is 2. The van der Waals surface area contributed by atoms with Crippen LogP contribution in [0.5, 0.6) is 0 Å². The Hall–Kier alpha value is -1.58. The van der Waals surface area contributed by atoms with Crippen LogP contribution >= 0.6 is 0 Å². The maximum atomic E-state index is 12.9. The molecule has 0 aliphatic heterocycles. The molecule has 0 aliphatic carbocycles. The molecule has 5 N–H and O–H groups in total. The van der Waals surface area contributed by atoms with E-state index in [1.807, 2.05) is 0 Å². The lowest BCUT2D eigenvalue weighted by molar-refractivity contribution is 0.633. The van der Waals surface area contributed by atoms with Crippen molar-refractivity contribution in [3.8, 4) is 0 Å². The summed E-state index contributed by atoms with van der Waals surface area (Å²) in [5, 5.41) is 7.27. The van der Waals surface area contributed by atoms with Crippen LogP contribution in [0.2, 0.25) is 0 Å². The van der Waals surface area contributed by atoms with E-state index in [1.165, 1.54) is 13.0 Å². The summed E-state index contributed by atoms with van der Waals surface area (Å²) in [6, 6.07) is 2.63. The molecule has 12 heavy (non-hydrogen) atoms. The van der Waals surface area contributed by atoms with Gasteiger partial charge in [-0.25, -0.2) is 4.39 Å². The van der Waals surface area contributed by atoms with Crippen LogP contribution < -0.4 is 11.5 Å². The molecule has 0 unspecified atom stereocenters. The molecule has 0 bridgehead atoms. The van der Waals surface area contributed by atoms with Crippen molar-refractivity contribution in [3.63, 3.8) is 0 Å². The third-order valence-electron chi connectivity index (χ3n) is 1.56. The minimum atomic E-state index is -0.573. The quantitative estimate of drug-likeness (QED) is 0.436. The summed E-state index contributed by atoms with van der Waals surface area (Å²) in [4.78, 5) is 0. The number of rotatable bonds is 1. The lowest BCUT2D eigenvalue weighted by Gasteiger charge is -2.05. The summed E-state index contributed by atoms with van der Waals surface area (Å²) in [6.45, 7) is 1.53. The molecule has 0 saturated carbocycles. The van der Waals surface area contributed by atoms with E-state index in [2.05, 4.69) is 0 Å². The molecule has 1 aromatic rings. The van der Waals surface area contributed by atoms with Crippen molar-refractivity contribution >= 4 is 17.1 Å². The fraction of sp³-hybridized carbons (Fsp3) is 0.125. The van der Waals surface area contributed by atoms with Gasteiger partial charge in [0, 0.05) is 17.0 Å². The van der Waals surface area contributed by atoms with Crippen LogP contribution in [0.4, 0.5) is 15.8 Å². The van der Waals surface area contributed by atoms with Crippen molar-refractivity contribution in [2.24, 2.45) is 0 Å². The standard InChI is InChI=1S/C8H10FN3/c1-4(10)6-2-5(11)3-7(9)8(6)12/h2-3,10H,11-12H2,1H3. The second-order valence-corrected chi connectivity index (χ2v) is 2.59. The summed E-state index contributed by atoms with van der Waals surface area (Å²) < 4.78 is 12.9. The fourth-order valence-electron chi connectivity index (χ4n) is 0.949. The van der Waals surface area contributed by atoms with Crippen molar-refractivity contribution in [3.05, 3.63) is 23.5 Å².